The number of nitrogens with zero attached hydrogens (tertiary/aromatic N) is 1. The van der Waals surface area contributed by atoms with Crippen molar-refractivity contribution in [1.82, 2.24) is 4.98 Å². The molecule has 1 nitrogen and oxygen atoms in total. The van der Waals surface area contributed by atoms with Crippen LogP contribution in [0.5, 0.6) is 0 Å². The van der Waals surface area contributed by atoms with Crippen molar-refractivity contribution in [1.29, 1.82) is 0 Å². The highest BCUT2D eigenvalue weighted by Crippen LogP contribution is 2.17. The Labute approximate surface area is 122 Å². The van der Waals surface area contributed by atoms with Crippen molar-refractivity contribution in [2.24, 2.45) is 0 Å². The molecule has 1 heterocycles. The van der Waals surface area contributed by atoms with Gasteiger partial charge < -0.3 is 0 Å². The zero-order chi connectivity index (χ0) is 13.3. The lowest BCUT2D eigenvalue weighted by molar-refractivity contribution is 1.32. The molecule has 0 atom stereocenters. The number of pyridine rings is 1. The van der Waals surface area contributed by atoms with Crippen LogP contribution in [-0.2, 0) is 0 Å². The van der Waals surface area contributed by atoms with Gasteiger partial charge in [-0.15, -0.1) is 0 Å². The lowest BCUT2D eigenvalue weighted by Gasteiger charge is -1.98. The van der Waals surface area contributed by atoms with Crippen LogP contribution < -0.4 is 0 Å². The number of benzene rings is 2. The van der Waals surface area contributed by atoms with E-state index in [4.69, 9.17) is 0 Å². The van der Waals surface area contributed by atoms with Crippen molar-refractivity contribution in [3.05, 3.63) is 89.7 Å². The fourth-order valence-electron chi connectivity index (χ4n) is 1.59. The van der Waals surface area contributed by atoms with Crippen LogP contribution in [0.3, 0.4) is 0 Å². The first kappa shape index (κ1) is 13.5. The van der Waals surface area contributed by atoms with E-state index in [1.807, 2.05) is 24.3 Å². The van der Waals surface area contributed by atoms with Crippen LogP contribution in [0, 0.1) is 0 Å². The fraction of sp³-hybridized carbons (Fsp3) is 0. The van der Waals surface area contributed by atoms with E-state index < -0.39 is 0 Å². The Hall–Kier alpha value is -1.93. The minimum absolute atomic E-state index is 1.07. The van der Waals surface area contributed by atoms with Crippen LogP contribution in [0.4, 0.5) is 0 Å². The molecule has 19 heavy (non-hydrogen) atoms. The first-order chi connectivity index (χ1) is 9.36. The Kier molecular flexibility index (Phi) is 5.32. The molecule has 0 aliphatic heterocycles. The number of halogens is 1. The van der Waals surface area contributed by atoms with Crippen LogP contribution in [0.1, 0.15) is 0 Å². The highest BCUT2D eigenvalue weighted by Gasteiger charge is 1.91. The number of aromatic nitrogens is 1. The molecule has 0 saturated carbocycles. The molecule has 1 aromatic heterocycles. The highest BCUT2D eigenvalue weighted by atomic mass is 79.9. The van der Waals surface area contributed by atoms with Crippen molar-refractivity contribution in [3.8, 4) is 11.1 Å². The Bertz CT molecular complexity index is 542. The molecule has 0 bridgehead atoms. The number of rotatable bonds is 1. The summed E-state index contributed by atoms with van der Waals surface area (Å²) in [6.45, 7) is 0. The summed E-state index contributed by atoms with van der Waals surface area (Å²) < 4.78 is 1.07. The molecule has 0 spiro atoms. The number of hydrogen-bond donors (Lipinski definition) is 0. The van der Waals surface area contributed by atoms with Gasteiger partial charge in [-0.25, -0.2) is 0 Å². The summed E-state index contributed by atoms with van der Waals surface area (Å²) in [6, 6.07) is 24.6. The summed E-state index contributed by atoms with van der Waals surface area (Å²) >= 11 is 3.27. The van der Waals surface area contributed by atoms with Crippen molar-refractivity contribution in [3.63, 3.8) is 0 Å². The predicted octanol–water partition coefficient (Wildman–Crippen LogP) is 5.20. The molecule has 0 N–H and O–H groups in total. The molecule has 2 aromatic carbocycles. The first-order valence-electron chi connectivity index (χ1n) is 6.02. The van der Waals surface area contributed by atoms with Gasteiger partial charge in [-0.1, -0.05) is 76.6 Å². The summed E-state index contributed by atoms with van der Waals surface area (Å²) in [5.41, 5.74) is 2.55. The van der Waals surface area contributed by atoms with Gasteiger partial charge in [-0.3, -0.25) is 4.98 Å². The van der Waals surface area contributed by atoms with E-state index in [0.29, 0.717) is 0 Å². The van der Waals surface area contributed by atoms with Gasteiger partial charge in [0.25, 0.3) is 0 Å². The Morgan fingerprint density at radius 1 is 0.579 bits per heavy atom. The fourth-order valence-corrected chi connectivity index (χ4v) is 1.83. The summed E-state index contributed by atoms with van der Waals surface area (Å²) in [5, 5.41) is 0. The first-order valence-corrected chi connectivity index (χ1v) is 6.81. The second-order valence-electron chi connectivity index (χ2n) is 3.90. The summed E-state index contributed by atoms with van der Waals surface area (Å²) in [5.74, 6) is 0. The Morgan fingerprint density at radius 3 is 1.32 bits per heavy atom. The average Bonchev–Trinajstić information content (AvgIpc) is 2.51. The van der Waals surface area contributed by atoms with Crippen molar-refractivity contribution < 1.29 is 0 Å². The lowest BCUT2D eigenvalue weighted by Crippen LogP contribution is -1.73. The van der Waals surface area contributed by atoms with Gasteiger partial charge in [-0.05, 0) is 23.3 Å². The van der Waals surface area contributed by atoms with Gasteiger partial charge in [0.15, 0.2) is 0 Å². The Morgan fingerprint density at radius 2 is 1.00 bits per heavy atom. The second-order valence-corrected chi connectivity index (χ2v) is 4.81. The molecule has 0 amide bonds. The molecule has 2 heteroatoms. The molecular weight excluding hydrogens is 298 g/mol. The zero-order valence-corrected chi connectivity index (χ0v) is 12.0. The minimum atomic E-state index is 1.07. The van der Waals surface area contributed by atoms with E-state index in [1.54, 1.807) is 12.4 Å². The SMILES string of the molecule is Brc1ccncc1.c1ccc(-c2ccccc2)cc1. The van der Waals surface area contributed by atoms with Crippen LogP contribution in [0.2, 0.25) is 0 Å². The molecule has 0 radical (unpaired) electrons. The summed E-state index contributed by atoms with van der Waals surface area (Å²) in [4.78, 5) is 3.82. The molecule has 0 aliphatic carbocycles. The molecule has 3 aromatic rings. The van der Waals surface area contributed by atoms with E-state index in [0.717, 1.165) is 4.47 Å². The highest BCUT2D eigenvalue weighted by molar-refractivity contribution is 9.10. The summed E-state index contributed by atoms with van der Waals surface area (Å²) in [7, 11) is 0. The van der Waals surface area contributed by atoms with E-state index in [2.05, 4.69) is 69.4 Å². The van der Waals surface area contributed by atoms with E-state index in [1.165, 1.54) is 11.1 Å². The average molecular weight is 312 g/mol. The normalized spacial score (nSPS) is 9.32. The van der Waals surface area contributed by atoms with Gasteiger partial charge in [0, 0.05) is 16.9 Å². The zero-order valence-electron chi connectivity index (χ0n) is 10.4. The third-order valence-electron chi connectivity index (χ3n) is 2.52. The monoisotopic (exact) mass is 311 g/mol. The van der Waals surface area contributed by atoms with E-state index in [9.17, 15) is 0 Å². The van der Waals surface area contributed by atoms with Gasteiger partial charge >= 0.3 is 0 Å². The molecule has 0 unspecified atom stereocenters. The van der Waals surface area contributed by atoms with Crippen molar-refractivity contribution in [2.75, 3.05) is 0 Å². The maximum atomic E-state index is 3.82. The minimum Gasteiger partial charge on any atom is -0.265 e. The third kappa shape index (κ3) is 4.68. The van der Waals surface area contributed by atoms with Crippen LogP contribution in [0.15, 0.2) is 89.7 Å². The van der Waals surface area contributed by atoms with Gasteiger partial charge in [0.2, 0.25) is 0 Å². The molecular formula is C17H14BrN. The van der Waals surface area contributed by atoms with Crippen LogP contribution >= 0.6 is 15.9 Å². The Balaban J connectivity index is 0.000000163. The van der Waals surface area contributed by atoms with Crippen molar-refractivity contribution >= 4 is 15.9 Å². The van der Waals surface area contributed by atoms with Gasteiger partial charge in [0.05, 0.1) is 0 Å². The summed E-state index contributed by atoms with van der Waals surface area (Å²) in [6.07, 6.45) is 3.48. The van der Waals surface area contributed by atoms with Crippen LogP contribution in [0.25, 0.3) is 11.1 Å². The molecule has 0 aliphatic rings. The van der Waals surface area contributed by atoms with Gasteiger partial charge in [0.1, 0.15) is 0 Å². The predicted molar refractivity (Wildman–Crippen MR) is 83.8 cm³/mol. The smallest absolute Gasteiger partial charge is 0.0279 e. The largest absolute Gasteiger partial charge is 0.265 e. The molecule has 0 saturated heterocycles. The van der Waals surface area contributed by atoms with Crippen molar-refractivity contribution in [2.45, 2.75) is 0 Å². The van der Waals surface area contributed by atoms with Gasteiger partial charge in [-0.2, -0.15) is 0 Å². The maximum Gasteiger partial charge on any atom is 0.0279 e. The molecule has 0 fully saturated rings. The van der Waals surface area contributed by atoms with E-state index >= 15 is 0 Å². The third-order valence-corrected chi connectivity index (χ3v) is 3.05. The van der Waals surface area contributed by atoms with E-state index in [-0.39, 0.29) is 0 Å². The maximum absolute atomic E-state index is 3.82. The molecule has 94 valence electrons. The molecule has 3 rings (SSSR count). The topological polar surface area (TPSA) is 12.9 Å². The van der Waals surface area contributed by atoms with Crippen LogP contribution in [-0.4, -0.2) is 4.98 Å². The lowest BCUT2D eigenvalue weighted by atomic mass is 10.1. The second kappa shape index (κ2) is 7.49. The standard InChI is InChI=1S/C12H10.C5H4BrN/c1-3-7-11(8-4-1)12-9-5-2-6-10-12;6-5-1-3-7-4-2-5/h1-10H;1-4H. The number of hydrogen-bond acceptors (Lipinski definition) is 1. The quantitative estimate of drug-likeness (QED) is 0.602.